The van der Waals surface area contributed by atoms with E-state index in [2.05, 4.69) is 31.1 Å². The summed E-state index contributed by atoms with van der Waals surface area (Å²) in [5.74, 6) is -0.0736. The molecule has 1 aliphatic rings. The Balaban J connectivity index is 1.71. The Kier molecular flexibility index (Phi) is 5.51. The van der Waals surface area contributed by atoms with E-state index in [1.807, 2.05) is 0 Å². The van der Waals surface area contributed by atoms with Crippen molar-refractivity contribution in [2.45, 2.75) is 6.42 Å². The van der Waals surface area contributed by atoms with E-state index in [4.69, 9.17) is 5.11 Å². The van der Waals surface area contributed by atoms with Crippen LogP contribution >= 0.6 is 15.9 Å². The minimum atomic E-state index is -0.880. The van der Waals surface area contributed by atoms with Crippen molar-refractivity contribution in [3.63, 3.8) is 0 Å². The summed E-state index contributed by atoms with van der Waals surface area (Å²) >= 11 is 3.30. The van der Waals surface area contributed by atoms with E-state index in [1.165, 1.54) is 4.90 Å². The third-order valence-electron chi connectivity index (χ3n) is 3.29. The smallest absolute Gasteiger partial charge is 0.407 e. The fourth-order valence-corrected chi connectivity index (χ4v) is 2.49. The molecule has 2 rings (SSSR count). The van der Waals surface area contributed by atoms with Crippen LogP contribution in [0.25, 0.3) is 0 Å². The number of aromatic nitrogens is 1. The summed E-state index contributed by atoms with van der Waals surface area (Å²) < 4.78 is 0.810. The third-order valence-corrected chi connectivity index (χ3v) is 3.72. The van der Waals surface area contributed by atoms with Crippen LogP contribution in [-0.2, 0) is 4.79 Å². The SMILES string of the molecule is O=C(CCN1CCN(C(=O)O)CC1)Nc1cncc(Br)c1. The van der Waals surface area contributed by atoms with Crippen LogP contribution in [0.2, 0.25) is 0 Å². The van der Waals surface area contributed by atoms with Crippen LogP contribution in [0.5, 0.6) is 0 Å². The fourth-order valence-electron chi connectivity index (χ4n) is 2.13. The predicted molar refractivity (Wildman–Crippen MR) is 81.2 cm³/mol. The van der Waals surface area contributed by atoms with Gasteiger partial charge in [-0.2, -0.15) is 0 Å². The van der Waals surface area contributed by atoms with Crippen molar-refractivity contribution < 1.29 is 14.7 Å². The van der Waals surface area contributed by atoms with Crippen molar-refractivity contribution in [2.75, 3.05) is 38.0 Å². The average Bonchev–Trinajstić information content (AvgIpc) is 2.45. The maximum Gasteiger partial charge on any atom is 0.407 e. The van der Waals surface area contributed by atoms with Crippen LogP contribution < -0.4 is 5.32 Å². The monoisotopic (exact) mass is 356 g/mol. The number of piperazine rings is 1. The highest BCUT2D eigenvalue weighted by atomic mass is 79.9. The maximum absolute atomic E-state index is 11.9. The molecule has 1 aromatic rings. The van der Waals surface area contributed by atoms with Gasteiger partial charge in [0, 0.05) is 49.8 Å². The van der Waals surface area contributed by atoms with Crippen molar-refractivity contribution in [2.24, 2.45) is 0 Å². The summed E-state index contributed by atoms with van der Waals surface area (Å²) in [6.07, 6.45) is 2.74. The number of carbonyl (C=O) groups excluding carboxylic acids is 1. The first-order chi connectivity index (χ1) is 10.0. The lowest BCUT2D eigenvalue weighted by molar-refractivity contribution is -0.116. The number of carboxylic acid groups (broad SMARTS) is 1. The quantitative estimate of drug-likeness (QED) is 0.852. The van der Waals surface area contributed by atoms with Crippen LogP contribution in [0.15, 0.2) is 22.9 Å². The van der Waals surface area contributed by atoms with Crippen molar-refractivity contribution in [1.29, 1.82) is 0 Å². The third kappa shape index (κ3) is 4.98. The number of hydrogen-bond donors (Lipinski definition) is 2. The molecular formula is C13H17BrN4O3. The van der Waals surface area contributed by atoms with Gasteiger partial charge in [-0.05, 0) is 22.0 Å². The molecule has 0 radical (unpaired) electrons. The van der Waals surface area contributed by atoms with Crippen molar-refractivity contribution in [3.8, 4) is 0 Å². The van der Waals surface area contributed by atoms with Gasteiger partial charge in [-0.1, -0.05) is 0 Å². The molecule has 114 valence electrons. The molecule has 2 N–H and O–H groups in total. The molecule has 8 heteroatoms. The lowest BCUT2D eigenvalue weighted by atomic mass is 10.3. The lowest BCUT2D eigenvalue weighted by Gasteiger charge is -2.32. The zero-order valence-corrected chi connectivity index (χ0v) is 13.0. The Morgan fingerprint density at radius 1 is 1.29 bits per heavy atom. The van der Waals surface area contributed by atoms with Gasteiger partial charge in [0.05, 0.1) is 11.9 Å². The number of carbonyl (C=O) groups is 2. The number of pyridine rings is 1. The van der Waals surface area contributed by atoms with Gasteiger partial charge >= 0.3 is 6.09 Å². The highest BCUT2D eigenvalue weighted by molar-refractivity contribution is 9.10. The topological polar surface area (TPSA) is 85.8 Å². The first kappa shape index (κ1) is 15.7. The van der Waals surface area contributed by atoms with E-state index in [0.29, 0.717) is 44.8 Å². The molecule has 0 spiro atoms. The van der Waals surface area contributed by atoms with E-state index < -0.39 is 6.09 Å². The van der Waals surface area contributed by atoms with Gasteiger partial charge in [0.1, 0.15) is 0 Å². The Bertz CT molecular complexity index is 518. The Labute approximate surface area is 131 Å². The van der Waals surface area contributed by atoms with Gasteiger partial charge in [0.25, 0.3) is 0 Å². The first-order valence-corrected chi connectivity index (χ1v) is 7.44. The number of nitrogens with zero attached hydrogens (tertiary/aromatic N) is 3. The minimum Gasteiger partial charge on any atom is -0.465 e. The number of halogens is 1. The molecule has 7 nitrogen and oxygen atoms in total. The van der Waals surface area contributed by atoms with Crippen LogP contribution in [0.3, 0.4) is 0 Å². The largest absolute Gasteiger partial charge is 0.465 e. The maximum atomic E-state index is 11.9. The Morgan fingerprint density at radius 2 is 2.00 bits per heavy atom. The van der Waals surface area contributed by atoms with E-state index in [0.717, 1.165) is 4.47 Å². The molecule has 0 atom stereocenters. The number of amides is 2. The Morgan fingerprint density at radius 3 is 2.62 bits per heavy atom. The van der Waals surface area contributed by atoms with Crippen molar-refractivity contribution in [1.82, 2.24) is 14.8 Å². The van der Waals surface area contributed by atoms with Crippen LogP contribution in [0.4, 0.5) is 10.5 Å². The summed E-state index contributed by atoms with van der Waals surface area (Å²) in [6.45, 7) is 2.94. The van der Waals surface area contributed by atoms with Crippen molar-refractivity contribution in [3.05, 3.63) is 22.9 Å². The summed E-state index contributed by atoms with van der Waals surface area (Å²) in [4.78, 5) is 30.1. The standard InChI is InChI=1S/C13H17BrN4O3/c14-10-7-11(9-15-8-10)16-12(19)1-2-17-3-5-18(6-4-17)13(20)21/h7-9H,1-6H2,(H,16,19)(H,20,21). The average molecular weight is 357 g/mol. The lowest BCUT2D eigenvalue weighted by Crippen LogP contribution is -2.48. The fraction of sp³-hybridized carbons (Fsp3) is 0.462. The van der Waals surface area contributed by atoms with E-state index >= 15 is 0 Å². The molecule has 0 aromatic carbocycles. The van der Waals surface area contributed by atoms with Crippen LogP contribution in [-0.4, -0.2) is 64.6 Å². The second kappa shape index (κ2) is 7.37. The zero-order valence-electron chi connectivity index (χ0n) is 11.5. The first-order valence-electron chi connectivity index (χ1n) is 6.65. The molecule has 0 saturated carbocycles. The molecule has 21 heavy (non-hydrogen) atoms. The zero-order chi connectivity index (χ0) is 15.2. The van der Waals surface area contributed by atoms with Gasteiger partial charge in [-0.15, -0.1) is 0 Å². The molecule has 0 bridgehead atoms. The Hall–Kier alpha value is -1.67. The number of hydrogen-bond acceptors (Lipinski definition) is 4. The second-order valence-corrected chi connectivity index (χ2v) is 5.72. The summed E-state index contributed by atoms with van der Waals surface area (Å²) in [7, 11) is 0. The molecule has 0 unspecified atom stereocenters. The van der Waals surface area contributed by atoms with Crippen LogP contribution in [0, 0.1) is 0 Å². The molecule has 1 fully saturated rings. The van der Waals surface area contributed by atoms with E-state index in [-0.39, 0.29) is 5.91 Å². The molecular weight excluding hydrogens is 340 g/mol. The molecule has 2 heterocycles. The van der Waals surface area contributed by atoms with Crippen molar-refractivity contribution >= 4 is 33.6 Å². The van der Waals surface area contributed by atoms with Gasteiger partial charge in [0.2, 0.25) is 5.91 Å². The number of rotatable bonds is 4. The van der Waals surface area contributed by atoms with Crippen LogP contribution in [0.1, 0.15) is 6.42 Å². The van der Waals surface area contributed by atoms with Gasteiger partial charge < -0.3 is 15.3 Å². The molecule has 1 aliphatic heterocycles. The highest BCUT2D eigenvalue weighted by Gasteiger charge is 2.20. The summed E-state index contributed by atoms with van der Waals surface area (Å²) in [5, 5.41) is 11.6. The second-order valence-electron chi connectivity index (χ2n) is 4.80. The summed E-state index contributed by atoms with van der Waals surface area (Å²) in [6, 6.07) is 1.79. The minimum absolute atomic E-state index is 0.0736. The molecule has 0 aliphatic carbocycles. The number of anilines is 1. The predicted octanol–water partition coefficient (Wildman–Crippen LogP) is 1.47. The van der Waals surface area contributed by atoms with Gasteiger partial charge in [0.15, 0.2) is 0 Å². The molecule has 1 aromatic heterocycles. The van der Waals surface area contributed by atoms with E-state index in [9.17, 15) is 9.59 Å². The molecule has 1 saturated heterocycles. The van der Waals surface area contributed by atoms with E-state index in [1.54, 1.807) is 18.5 Å². The number of nitrogens with one attached hydrogen (secondary N) is 1. The normalized spacial score (nSPS) is 15.8. The van der Waals surface area contributed by atoms with Gasteiger partial charge in [-0.3, -0.25) is 14.7 Å². The highest BCUT2D eigenvalue weighted by Crippen LogP contribution is 2.13. The molecule has 2 amide bonds. The van der Waals surface area contributed by atoms with Gasteiger partial charge in [-0.25, -0.2) is 4.79 Å². The summed E-state index contributed by atoms with van der Waals surface area (Å²) in [5.41, 5.74) is 0.657.